The number of carboxylic acids is 1. The molecule has 4 nitrogen and oxygen atoms in total. The van der Waals surface area contributed by atoms with E-state index >= 15 is 0 Å². The van der Waals surface area contributed by atoms with Gasteiger partial charge in [0.05, 0.1) is 18.3 Å². The van der Waals surface area contributed by atoms with E-state index in [1.807, 2.05) is 6.08 Å². The van der Waals surface area contributed by atoms with Crippen molar-refractivity contribution in [1.82, 2.24) is 0 Å². The van der Waals surface area contributed by atoms with Gasteiger partial charge in [-0.25, -0.2) is 0 Å². The molecule has 2 saturated heterocycles. The van der Waals surface area contributed by atoms with Crippen molar-refractivity contribution in [3.05, 3.63) is 24.3 Å². The molecule has 0 amide bonds. The lowest BCUT2D eigenvalue weighted by Crippen LogP contribution is -2.25. The zero-order chi connectivity index (χ0) is 18.8. The molecule has 5 atom stereocenters. The van der Waals surface area contributed by atoms with E-state index in [4.69, 9.17) is 9.84 Å². The molecule has 2 bridgehead atoms. The van der Waals surface area contributed by atoms with Crippen LogP contribution in [0.3, 0.4) is 0 Å². The molecule has 0 unspecified atom stereocenters. The predicted octanol–water partition coefficient (Wildman–Crippen LogP) is 4.87. The van der Waals surface area contributed by atoms with Gasteiger partial charge in [-0.05, 0) is 44.4 Å². The van der Waals surface area contributed by atoms with Gasteiger partial charge in [0.15, 0.2) is 0 Å². The largest absolute Gasteiger partial charge is 0.481 e. The molecule has 148 valence electrons. The van der Waals surface area contributed by atoms with Crippen molar-refractivity contribution >= 4 is 5.97 Å². The lowest BCUT2D eigenvalue weighted by molar-refractivity contribution is -0.137. The summed E-state index contributed by atoms with van der Waals surface area (Å²) < 4.78 is 6.11. The average molecular weight is 365 g/mol. The number of ether oxygens (including phenoxy) is 1. The van der Waals surface area contributed by atoms with E-state index in [0.717, 1.165) is 38.5 Å². The van der Waals surface area contributed by atoms with Crippen LogP contribution >= 0.6 is 0 Å². The molecule has 2 N–H and O–H groups in total. The van der Waals surface area contributed by atoms with Gasteiger partial charge in [-0.1, -0.05) is 56.9 Å². The molecule has 0 aromatic carbocycles. The van der Waals surface area contributed by atoms with Gasteiger partial charge in [-0.2, -0.15) is 0 Å². The molecule has 0 spiro atoms. The summed E-state index contributed by atoms with van der Waals surface area (Å²) >= 11 is 0. The first-order valence-corrected chi connectivity index (χ1v) is 10.5. The molecular weight excluding hydrogens is 328 g/mol. The smallest absolute Gasteiger partial charge is 0.303 e. The van der Waals surface area contributed by atoms with Gasteiger partial charge in [-0.15, -0.1) is 0 Å². The number of unbranched alkanes of at least 4 members (excludes halogenated alkanes) is 4. The Morgan fingerprint density at radius 3 is 2.73 bits per heavy atom. The van der Waals surface area contributed by atoms with Crippen LogP contribution in [0.4, 0.5) is 0 Å². The Bertz CT molecular complexity index is 471. The van der Waals surface area contributed by atoms with E-state index in [2.05, 4.69) is 25.2 Å². The highest BCUT2D eigenvalue weighted by molar-refractivity contribution is 5.66. The maximum absolute atomic E-state index is 10.5. The Morgan fingerprint density at radius 2 is 1.96 bits per heavy atom. The standard InChI is InChI=1S/C22H36O4/c1-2-3-4-7-10-17(23)13-14-19-18(20-15-16-21(19)26-20)11-8-5-6-9-12-22(24)25/h5,8,13-14,17-21,23H,2-4,6-7,9-12,15-16H2,1H3,(H,24,25)/b8-5-,14-13+/t17-,18+,19-,20-,21+/m0/s1. The minimum Gasteiger partial charge on any atom is -0.481 e. The van der Waals surface area contributed by atoms with E-state index < -0.39 is 5.97 Å². The number of rotatable bonds is 13. The SMILES string of the molecule is CCCCCC[C@H](O)/C=C/[C@H]1[C@@H](C/C=C\CCCC(=O)O)[C@@H]2CC[C@H]1O2. The number of allylic oxidation sites excluding steroid dienone is 2. The van der Waals surface area contributed by atoms with Crippen LogP contribution in [0, 0.1) is 11.8 Å². The third-order valence-electron chi connectivity index (χ3n) is 5.73. The van der Waals surface area contributed by atoms with Gasteiger partial charge in [-0.3, -0.25) is 4.79 Å². The van der Waals surface area contributed by atoms with Crippen molar-refractivity contribution < 1.29 is 19.7 Å². The minimum absolute atomic E-state index is 0.239. The summed E-state index contributed by atoms with van der Waals surface area (Å²) in [4.78, 5) is 10.5. The summed E-state index contributed by atoms with van der Waals surface area (Å²) in [6, 6.07) is 0. The van der Waals surface area contributed by atoms with Gasteiger partial charge < -0.3 is 14.9 Å². The molecule has 0 saturated carbocycles. The number of aliphatic hydroxyl groups excluding tert-OH is 1. The molecule has 0 aromatic rings. The van der Waals surface area contributed by atoms with Crippen LogP contribution in [0.1, 0.15) is 77.6 Å². The topological polar surface area (TPSA) is 66.8 Å². The van der Waals surface area contributed by atoms with Gasteiger partial charge in [0, 0.05) is 12.3 Å². The Hall–Kier alpha value is -1.13. The first-order chi connectivity index (χ1) is 12.6. The Balaban J connectivity index is 1.75. The molecular formula is C22H36O4. The zero-order valence-electron chi connectivity index (χ0n) is 16.2. The Labute approximate surface area is 158 Å². The summed E-state index contributed by atoms with van der Waals surface area (Å²) in [6.07, 6.45) is 19.5. The number of hydrogen-bond acceptors (Lipinski definition) is 3. The predicted molar refractivity (Wildman–Crippen MR) is 104 cm³/mol. The zero-order valence-corrected chi connectivity index (χ0v) is 16.2. The molecule has 26 heavy (non-hydrogen) atoms. The van der Waals surface area contributed by atoms with Gasteiger partial charge in [0.1, 0.15) is 0 Å². The van der Waals surface area contributed by atoms with Crippen LogP contribution in [0.5, 0.6) is 0 Å². The van der Waals surface area contributed by atoms with Crippen molar-refractivity contribution in [2.75, 3.05) is 0 Å². The summed E-state index contributed by atoms with van der Waals surface area (Å²) in [5.74, 6) is 0.175. The fourth-order valence-electron chi connectivity index (χ4n) is 4.26. The summed E-state index contributed by atoms with van der Waals surface area (Å²) in [7, 11) is 0. The van der Waals surface area contributed by atoms with Gasteiger partial charge >= 0.3 is 5.97 Å². The highest BCUT2D eigenvalue weighted by Gasteiger charge is 2.46. The van der Waals surface area contributed by atoms with E-state index in [9.17, 15) is 9.90 Å². The number of fused-ring (bicyclic) bond motifs is 2. The van der Waals surface area contributed by atoms with Crippen molar-refractivity contribution in [1.29, 1.82) is 0 Å². The van der Waals surface area contributed by atoms with Crippen LogP contribution < -0.4 is 0 Å². The lowest BCUT2D eigenvalue weighted by Gasteiger charge is -2.25. The third-order valence-corrected chi connectivity index (χ3v) is 5.73. The monoisotopic (exact) mass is 364 g/mol. The van der Waals surface area contributed by atoms with Gasteiger partial charge in [0.2, 0.25) is 0 Å². The Kier molecular flexibility index (Phi) is 9.41. The molecule has 2 rings (SSSR count). The molecule has 2 heterocycles. The minimum atomic E-state index is -0.724. The number of hydrogen-bond donors (Lipinski definition) is 2. The number of carboxylic acid groups (broad SMARTS) is 1. The van der Waals surface area contributed by atoms with E-state index in [1.54, 1.807) is 0 Å². The molecule has 0 radical (unpaired) electrons. The molecule has 2 aliphatic rings. The van der Waals surface area contributed by atoms with Crippen molar-refractivity contribution in [2.45, 2.75) is 95.9 Å². The number of carbonyl (C=O) groups is 1. The molecule has 4 heteroatoms. The highest BCUT2D eigenvalue weighted by Crippen LogP contribution is 2.45. The molecule has 0 aromatic heterocycles. The molecule has 2 fully saturated rings. The first kappa shape index (κ1) is 21.2. The van der Waals surface area contributed by atoms with Gasteiger partial charge in [0.25, 0.3) is 0 Å². The average Bonchev–Trinajstić information content (AvgIpc) is 3.21. The second-order valence-electron chi connectivity index (χ2n) is 7.83. The van der Waals surface area contributed by atoms with E-state index in [1.165, 1.54) is 19.3 Å². The first-order valence-electron chi connectivity index (χ1n) is 10.5. The molecule has 2 aliphatic heterocycles. The quantitative estimate of drug-likeness (QED) is 0.361. The van der Waals surface area contributed by atoms with Crippen LogP contribution in [0.15, 0.2) is 24.3 Å². The second kappa shape index (κ2) is 11.6. The lowest BCUT2D eigenvalue weighted by atomic mass is 9.77. The summed E-state index contributed by atoms with van der Waals surface area (Å²) in [5, 5.41) is 18.9. The van der Waals surface area contributed by atoms with Crippen molar-refractivity contribution in [3.63, 3.8) is 0 Å². The van der Waals surface area contributed by atoms with Crippen LogP contribution in [-0.4, -0.2) is 34.5 Å². The maximum atomic E-state index is 10.5. The second-order valence-corrected chi connectivity index (χ2v) is 7.83. The summed E-state index contributed by atoms with van der Waals surface area (Å²) in [6.45, 7) is 2.20. The number of aliphatic hydroxyl groups is 1. The van der Waals surface area contributed by atoms with E-state index in [0.29, 0.717) is 30.5 Å². The van der Waals surface area contributed by atoms with Crippen LogP contribution in [-0.2, 0) is 9.53 Å². The summed E-state index contributed by atoms with van der Waals surface area (Å²) in [5.41, 5.74) is 0. The Morgan fingerprint density at radius 1 is 1.15 bits per heavy atom. The third kappa shape index (κ3) is 6.88. The normalized spacial score (nSPS) is 29.2. The van der Waals surface area contributed by atoms with Crippen molar-refractivity contribution in [3.8, 4) is 0 Å². The van der Waals surface area contributed by atoms with Crippen LogP contribution in [0.2, 0.25) is 0 Å². The van der Waals surface area contributed by atoms with Crippen molar-refractivity contribution in [2.24, 2.45) is 11.8 Å². The maximum Gasteiger partial charge on any atom is 0.303 e. The fourth-order valence-corrected chi connectivity index (χ4v) is 4.26. The van der Waals surface area contributed by atoms with E-state index in [-0.39, 0.29) is 12.5 Å². The highest BCUT2D eigenvalue weighted by atomic mass is 16.5. The fraction of sp³-hybridized carbons (Fsp3) is 0.773. The number of aliphatic carboxylic acids is 1. The van der Waals surface area contributed by atoms with Crippen LogP contribution in [0.25, 0.3) is 0 Å². The molecule has 0 aliphatic carbocycles.